The molecule has 0 aromatic rings. The molecule has 0 aromatic carbocycles. The lowest BCUT2D eigenvalue weighted by Gasteiger charge is -1.76. The van der Waals surface area contributed by atoms with Crippen LogP contribution in [0.3, 0.4) is 0 Å². The van der Waals surface area contributed by atoms with Crippen LogP contribution in [0.1, 0.15) is 19.8 Å². The van der Waals surface area contributed by atoms with Gasteiger partial charge in [-0.25, -0.2) is 0 Å². The molecule has 0 spiro atoms. The fourth-order valence-electron chi connectivity index (χ4n) is 0.510. The Bertz CT molecular complexity index is 98.9. The molecule has 12 heavy (non-hydrogen) atoms. The minimum Gasteiger partial charge on any atom is -0.483 e. The number of carboxylic acid groups (broad SMARTS) is 1. The quantitative estimate of drug-likeness (QED) is 0.534. The molecule has 1 rings (SSSR count). The molecule has 0 amide bonds. The van der Waals surface area contributed by atoms with Crippen molar-refractivity contribution in [1.29, 1.82) is 5.26 Å². The fourth-order valence-corrected chi connectivity index (χ4v) is 0.510. The third-order valence-electron chi connectivity index (χ3n) is 0.827. The molecule has 72 valence electrons. The summed E-state index contributed by atoms with van der Waals surface area (Å²) in [7, 11) is 0. The summed E-state index contributed by atoms with van der Waals surface area (Å²) in [5, 5.41) is 14.2. The summed E-state index contributed by atoms with van der Waals surface area (Å²) in [6.45, 7) is 3.18. The zero-order chi connectivity index (χ0) is 8.95. The summed E-state index contributed by atoms with van der Waals surface area (Å²) >= 11 is 0. The van der Waals surface area contributed by atoms with Crippen molar-refractivity contribution >= 4 is 6.47 Å². The third kappa shape index (κ3) is 36.6. The van der Waals surface area contributed by atoms with Crippen molar-refractivity contribution in [3.8, 4) is 6.07 Å². The molecule has 1 saturated heterocycles. The van der Waals surface area contributed by atoms with Gasteiger partial charge in [-0.2, -0.15) is 5.26 Å². The average molecular weight is 177 g/mol. The number of carbonyl (C=O) groups is 1. The monoisotopic (exact) mass is 177 g/mol. The van der Waals surface area contributed by atoms with Gasteiger partial charge in [-0.05, 0) is 12.8 Å². The fraction of sp³-hybridized carbons (Fsp3) is 0.714. The number of ether oxygens (including phenoxy) is 1. The molecule has 0 saturated carbocycles. The van der Waals surface area contributed by atoms with E-state index in [1.165, 1.54) is 19.8 Å². The normalized spacial score (nSPS) is 11.7. The molecule has 1 fully saturated rings. The molecule has 1 aliphatic heterocycles. The van der Waals surface area contributed by atoms with Gasteiger partial charge in [-0.1, -0.05) is 0 Å². The Kier molecular flexibility index (Phi) is 32.1. The molecule has 0 aliphatic carbocycles. The summed E-state index contributed by atoms with van der Waals surface area (Å²) in [4.78, 5) is 8.36. The van der Waals surface area contributed by atoms with E-state index in [2.05, 4.69) is 0 Å². The molecule has 0 unspecified atom stereocenters. The zero-order valence-corrected chi connectivity index (χ0v) is 7.12. The van der Waals surface area contributed by atoms with Gasteiger partial charge in [0.25, 0.3) is 6.47 Å². The Hall–Kier alpha value is -1.12. The number of hydrogen-bond acceptors (Lipinski definition) is 3. The molecule has 5 heteroatoms. The lowest BCUT2D eigenvalue weighted by atomic mass is 10.4. The molecule has 0 radical (unpaired) electrons. The molecular weight excluding hydrogens is 162 g/mol. The molecule has 1 aliphatic rings. The Morgan fingerprint density at radius 3 is 1.83 bits per heavy atom. The van der Waals surface area contributed by atoms with Gasteiger partial charge in [0.1, 0.15) is 0 Å². The van der Waals surface area contributed by atoms with Crippen molar-refractivity contribution in [2.75, 3.05) is 13.2 Å². The van der Waals surface area contributed by atoms with Crippen molar-refractivity contribution in [1.82, 2.24) is 0 Å². The van der Waals surface area contributed by atoms with E-state index in [1.54, 1.807) is 6.07 Å². The predicted octanol–water partition coefficient (Wildman–Crippen LogP) is 0.203. The van der Waals surface area contributed by atoms with Gasteiger partial charge in [0.2, 0.25) is 0 Å². The SMILES string of the molecule is C1CCOC1.CC#N.O.O=CO. The number of nitriles is 1. The number of rotatable bonds is 0. The molecule has 1 heterocycles. The number of nitrogens with zero attached hydrogens (tertiary/aromatic N) is 1. The van der Waals surface area contributed by atoms with E-state index in [9.17, 15) is 0 Å². The van der Waals surface area contributed by atoms with E-state index in [-0.39, 0.29) is 11.9 Å². The number of hydrogen-bond donors (Lipinski definition) is 1. The second-order valence-corrected chi connectivity index (χ2v) is 1.65. The summed E-state index contributed by atoms with van der Waals surface area (Å²) in [5.41, 5.74) is 0. The van der Waals surface area contributed by atoms with Crippen molar-refractivity contribution in [3.63, 3.8) is 0 Å². The van der Waals surface area contributed by atoms with E-state index >= 15 is 0 Å². The van der Waals surface area contributed by atoms with Crippen molar-refractivity contribution in [2.24, 2.45) is 0 Å². The van der Waals surface area contributed by atoms with Crippen molar-refractivity contribution in [2.45, 2.75) is 19.8 Å². The maximum absolute atomic E-state index is 8.36. The summed E-state index contributed by atoms with van der Waals surface area (Å²) in [6, 6.07) is 1.75. The van der Waals surface area contributed by atoms with Gasteiger partial charge in [0.15, 0.2) is 0 Å². The lowest BCUT2D eigenvalue weighted by Crippen LogP contribution is -1.74. The van der Waals surface area contributed by atoms with Gasteiger partial charge < -0.3 is 15.3 Å². The lowest BCUT2D eigenvalue weighted by molar-refractivity contribution is -0.122. The Morgan fingerprint density at radius 1 is 1.50 bits per heavy atom. The smallest absolute Gasteiger partial charge is 0.290 e. The highest BCUT2D eigenvalue weighted by Crippen LogP contribution is 1.98. The van der Waals surface area contributed by atoms with Crippen LogP contribution in [0.15, 0.2) is 0 Å². The maximum atomic E-state index is 8.36. The Morgan fingerprint density at radius 2 is 1.75 bits per heavy atom. The minimum atomic E-state index is -0.250. The van der Waals surface area contributed by atoms with E-state index < -0.39 is 0 Å². The van der Waals surface area contributed by atoms with E-state index in [0.717, 1.165) is 13.2 Å². The van der Waals surface area contributed by atoms with Crippen molar-refractivity contribution < 1.29 is 20.1 Å². The molecular formula is C7H15NO4. The molecule has 0 bridgehead atoms. The first-order valence-corrected chi connectivity index (χ1v) is 3.29. The Balaban J connectivity index is -0.000000104. The zero-order valence-electron chi connectivity index (χ0n) is 7.12. The highest BCUT2D eigenvalue weighted by molar-refractivity contribution is 5.32. The predicted molar refractivity (Wildman–Crippen MR) is 43.6 cm³/mol. The summed E-state index contributed by atoms with van der Waals surface area (Å²) < 4.78 is 4.94. The molecule has 5 nitrogen and oxygen atoms in total. The average Bonchev–Trinajstić information content (AvgIpc) is 2.44. The first-order valence-electron chi connectivity index (χ1n) is 3.29. The maximum Gasteiger partial charge on any atom is 0.290 e. The second-order valence-electron chi connectivity index (χ2n) is 1.65. The van der Waals surface area contributed by atoms with Crippen LogP contribution in [0.2, 0.25) is 0 Å². The van der Waals surface area contributed by atoms with Crippen LogP contribution in [-0.4, -0.2) is 30.3 Å². The second kappa shape index (κ2) is 22.5. The molecule has 0 aromatic heterocycles. The van der Waals surface area contributed by atoms with Crippen LogP contribution < -0.4 is 0 Å². The van der Waals surface area contributed by atoms with Crippen LogP contribution in [0.5, 0.6) is 0 Å². The molecule has 0 atom stereocenters. The van der Waals surface area contributed by atoms with Crippen LogP contribution in [-0.2, 0) is 9.53 Å². The van der Waals surface area contributed by atoms with Crippen LogP contribution in [0.25, 0.3) is 0 Å². The topological polar surface area (TPSA) is 102 Å². The standard InChI is InChI=1S/C4H8O.C2H3N.CH2O2.H2O/c1-2-4-5-3-1;1-2-3;2-1-3;/h1-4H2;1H3;1H,(H,2,3);1H2. The first-order chi connectivity index (χ1) is 5.33. The van der Waals surface area contributed by atoms with Gasteiger partial charge in [-0.3, -0.25) is 4.79 Å². The van der Waals surface area contributed by atoms with Crippen LogP contribution in [0, 0.1) is 11.3 Å². The van der Waals surface area contributed by atoms with E-state index in [0.29, 0.717) is 0 Å². The highest BCUT2D eigenvalue weighted by atomic mass is 16.5. The van der Waals surface area contributed by atoms with E-state index in [4.69, 9.17) is 19.9 Å². The minimum absolute atomic E-state index is 0. The summed E-state index contributed by atoms with van der Waals surface area (Å²) in [6.07, 6.45) is 2.56. The van der Waals surface area contributed by atoms with Gasteiger partial charge >= 0.3 is 0 Å². The molecule has 3 N–H and O–H groups in total. The van der Waals surface area contributed by atoms with Crippen molar-refractivity contribution in [3.05, 3.63) is 0 Å². The van der Waals surface area contributed by atoms with Crippen LogP contribution >= 0.6 is 0 Å². The van der Waals surface area contributed by atoms with Gasteiger partial charge in [-0.15, -0.1) is 0 Å². The Labute approximate surface area is 71.9 Å². The van der Waals surface area contributed by atoms with Gasteiger partial charge in [0, 0.05) is 20.1 Å². The largest absolute Gasteiger partial charge is 0.483 e. The summed E-state index contributed by atoms with van der Waals surface area (Å²) in [5.74, 6) is 0. The van der Waals surface area contributed by atoms with E-state index in [1.807, 2.05) is 0 Å². The van der Waals surface area contributed by atoms with Gasteiger partial charge in [0.05, 0.1) is 6.07 Å². The first kappa shape index (κ1) is 17.1. The van der Waals surface area contributed by atoms with Crippen LogP contribution in [0.4, 0.5) is 0 Å². The third-order valence-corrected chi connectivity index (χ3v) is 0.827. The highest BCUT2D eigenvalue weighted by Gasteiger charge is 1.94.